The number of likely N-dealkylation sites (N-methyl/N-ethyl adjacent to an activating group) is 1. The van der Waals surface area contributed by atoms with Crippen molar-refractivity contribution in [2.75, 3.05) is 33.0 Å². The lowest BCUT2D eigenvalue weighted by molar-refractivity contribution is 0.300. The van der Waals surface area contributed by atoms with Gasteiger partial charge in [0.15, 0.2) is 0 Å². The second-order valence-electron chi connectivity index (χ2n) is 3.92. The molecule has 0 aliphatic rings. The van der Waals surface area contributed by atoms with Crippen molar-refractivity contribution >= 4 is 10.1 Å². The third-order valence-electron chi connectivity index (χ3n) is 2.13. The van der Waals surface area contributed by atoms with Crippen LogP contribution < -0.4 is 0 Å². The van der Waals surface area contributed by atoms with Crippen molar-refractivity contribution in [2.45, 2.75) is 26.2 Å². The maximum absolute atomic E-state index is 10.7. The highest BCUT2D eigenvalue weighted by Gasteiger charge is 2.00. The second kappa shape index (κ2) is 8.73. The summed E-state index contributed by atoms with van der Waals surface area (Å²) in [7, 11) is -1.18. The lowest BCUT2D eigenvalue weighted by atomic mass is 10.2. The first-order chi connectivity index (χ1) is 7.45. The van der Waals surface area contributed by atoms with Gasteiger partial charge >= 0.3 is 0 Å². The van der Waals surface area contributed by atoms with Gasteiger partial charge in [-0.3, -0.25) is 4.18 Å². The highest BCUT2D eigenvalue weighted by Crippen LogP contribution is 1.99. The fourth-order valence-electron chi connectivity index (χ4n) is 1.25. The van der Waals surface area contributed by atoms with Crippen molar-refractivity contribution in [3.8, 4) is 0 Å². The van der Waals surface area contributed by atoms with Crippen molar-refractivity contribution in [1.29, 1.82) is 0 Å². The molecule has 0 unspecified atom stereocenters. The number of hydrogen-bond acceptors (Lipinski definition) is 4. The molecule has 4 nitrogen and oxygen atoms in total. The summed E-state index contributed by atoms with van der Waals surface area (Å²) in [6.07, 6.45) is 8.10. The molecule has 0 N–H and O–H groups in total. The monoisotopic (exact) mass is 249 g/mol. The summed E-state index contributed by atoms with van der Waals surface area (Å²) in [4.78, 5) is 2.23. The highest BCUT2D eigenvalue weighted by molar-refractivity contribution is 7.85. The number of unbranched alkanes of at least 4 members (excludes halogenated alkanes) is 2. The molecule has 96 valence electrons. The lowest BCUT2D eigenvalue weighted by Gasteiger charge is -2.13. The van der Waals surface area contributed by atoms with Crippen LogP contribution in [0.4, 0.5) is 0 Å². The van der Waals surface area contributed by atoms with E-state index in [1.807, 2.05) is 13.0 Å². The second-order valence-corrected chi connectivity index (χ2v) is 5.56. The van der Waals surface area contributed by atoms with E-state index in [0.717, 1.165) is 38.6 Å². The van der Waals surface area contributed by atoms with E-state index in [4.69, 9.17) is 0 Å². The van der Waals surface area contributed by atoms with Crippen LogP contribution in [-0.4, -0.2) is 46.3 Å². The first-order valence-corrected chi connectivity index (χ1v) is 7.41. The summed E-state index contributed by atoms with van der Waals surface area (Å²) in [5.74, 6) is 0. The van der Waals surface area contributed by atoms with Crippen LogP contribution in [0.5, 0.6) is 0 Å². The molecule has 0 aliphatic heterocycles. The Labute approximate surface area is 99.4 Å². The van der Waals surface area contributed by atoms with Gasteiger partial charge in [-0.05, 0) is 39.8 Å². The number of nitrogens with zero attached hydrogens (tertiary/aromatic N) is 1. The summed E-state index contributed by atoms with van der Waals surface area (Å²) in [6.45, 7) is 4.31. The van der Waals surface area contributed by atoms with Crippen LogP contribution in [0, 0.1) is 0 Å². The summed E-state index contributed by atoms with van der Waals surface area (Å²) >= 11 is 0. The molecule has 0 radical (unpaired) electrons. The van der Waals surface area contributed by atoms with E-state index in [9.17, 15) is 8.42 Å². The van der Waals surface area contributed by atoms with Crippen molar-refractivity contribution in [2.24, 2.45) is 0 Å². The van der Waals surface area contributed by atoms with Gasteiger partial charge in [0.25, 0.3) is 10.1 Å². The van der Waals surface area contributed by atoms with Crippen LogP contribution in [0.1, 0.15) is 26.2 Å². The normalized spacial score (nSPS) is 12.8. The van der Waals surface area contributed by atoms with E-state index in [1.54, 1.807) is 0 Å². The first kappa shape index (κ1) is 15.6. The van der Waals surface area contributed by atoms with Gasteiger partial charge in [-0.25, -0.2) is 0 Å². The molecule has 0 aromatic heterocycles. The van der Waals surface area contributed by atoms with E-state index in [2.05, 4.69) is 22.2 Å². The van der Waals surface area contributed by atoms with Crippen LogP contribution in [0.25, 0.3) is 0 Å². The SMILES string of the molecule is C/C=C/CN(C)CCCCCOS(C)(=O)=O. The Morgan fingerprint density at radius 1 is 1.25 bits per heavy atom. The third kappa shape index (κ3) is 11.7. The molecule has 0 amide bonds. The average molecular weight is 249 g/mol. The minimum atomic E-state index is -3.26. The molecule has 0 bridgehead atoms. The zero-order valence-electron chi connectivity index (χ0n) is 10.5. The Morgan fingerprint density at radius 2 is 1.94 bits per heavy atom. The summed E-state index contributed by atoms with van der Waals surface area (Å²) < 4.78 is 26.0. The fourth-order valence-corrected chi connectivity index (χ4v) is 1.67. The highest BCUT2D eigenvalue weighted by atomic mass is 32.2. The van der Waals surface area contributed by atoms with Gasteiger partial charge in [-0.1, -0.05) is 12.2 Å². The van der Waals surface area contributed by atoms with Crippen LogP contribution in [0.3, 0.4) is 0 Å². The predicted octanol–water partition coefficient (Wildman–Crippen LogP) is 1.64. The molecule has 0 spiro atoms. The Hall–Kier alpha value is -0.390. The summed E-state index contributed by atoms with van der Waals surface area (Å²) in [5.41, 5.74) is 0. The zero-order valence-corrected chi connectivity index (χ0v) is 11.3. The minimum absolute atomic E-state index is 0.303. The van der Waals surface area contributed by atoms with Crippen LogP contribution in [0.15, 0.2) is 12.2 Å². The number of hydrogen-bond donors (Lipinski definition) is 0. The van der Waals surface area contributed by atoms with E-state index in [0.29, 0.717) is 6.61 Å². The van der Waals surface area contributed by atoms with Gasteiger partial charge in [-0.2, -0.15) is 8.42 Å². The van der Waals surface area contributed by atoms with E-state index in [-0.39, 0.29) is 0 Å². The topological polar surface area (TPSA) is 46.6 Å². The van der Waals surface area contributed by atoms with Crippen LogP contribution in [0.2, 0.25) is 0 Å². The smallest absolute Gasteiger partial charge is 0.264 e. The number of allylic oxidation sites excluding steroid dienone is 1. The Morgan fingerprint density at radius 3 is 2.50 bits per heavy atom. The molecule has 5 heteroatoms. The minimum Gasteiger partial charge on any atom is -0.303 e. The average Bonchev–Trinajstić information content (AvgIpc) is 2.18. The molecule has 0 atom stereocenters. The van der Waals surface area contributed by atoms with Crippen molar-refractivity contribution < 1.29 is 12.6 Å². The lowest BCUT2D eigenvalue weighted by Crippen LogP contribution is -2.19. The van der Waals surface area contributed by atoms with Gasteiger partial charge < -0.3 is 4.90 Å². The Kier molecular flexibility index (Phi) is 8.51. The molecule has 0 heterocycles. The van der Waals surface area contributed by atoms with Crippen molar-refractivity contribution in [1.82, 2.24) is 4.90 Å². The number of rotatable bonds is 9. The van der Waals surface area contributed by atoms with Gasteiger partial charge in [0.1, 0.15) is 0 Å². The molecule has 0 aliphatic carbocycles. The summed E-state index contributed by atoms with van der Waals surface area (Å²) in [6, 6.07) is 0. The van der Waals surface area contributed by atoms with Crippen LogP contribution in [-0.2, 0) is 14.3 Å². The quantitative estimate of drug-likeness (QED) is 0.354. The molecule has 0 saturated carbocycles. The molecular formula is C11H23NO3S. The maximum Gasteiger partial charge on any atom is 0.264 e. The summed E-state index contributed by atoms with van der Waals surface area (Å²) in [5, 5.41) is 0. The van der Waals surface area contributed by atoms with E-state index in [1.165, 1.54) is 0 Å². The van der Waals surface area contributed by atoms with Crippen molar-refractivity contribution in [3.05, 3.63) is 12.2 Å². The molecular weight excluding hydrogens is 226 g/mol. The van der Waals surface area contributed by atoms with Gasteiger partial charge in [0.05, 0.1) is 12.9 Å². The zero-order chi connectivity index (χ0) is 12.4. The Balaban J connectivity index is 3.33. The molecule has 0 rings (SSSR count). The van der Waals surface area contributed by atoms with Crippen LogP contribution >= 0.6 is 0 Å². The Bertz CT molecular complexity index is 286. The standard InChI is InChI=1S/C11H23NO3S/c1-4-5-9-12(2)10-7-6-8-11-15-16(3,13)14/h4-5H,6-11H2,1-3H3/b5-4+. The van der Waals surface area contributed by atoms with Gasteiger partial charge in [-0.15, -0.1) is 0 Å². The molecule has 0 aromatic rings. The van der Waals surface area contributed by atoms with E-state index < -0.39 is 10.1 Å². The van der Waals surface area contributed by atoms with E-state index >= 15 is 0 Å². The first-order valence-electron chi connectivity index (χ1n) is 5.60. The van der Waals surface area contributed by atoms with Crippen molar-refractivity contribution in [3.63, 3.8) is 0 Å². The van der Waals surface area contributed by atoms with Gasteiger partial charge in [0, 0.05) is 6.54 Å². The fraction of sp³-hybridized carbons (Fsp3) is 0.818. The molecule has 0 fully saturated rings. The molecule has 16 heavy (non-hydrogen) atoms. The van der Waals surface area contributed by atoms with Gasteiger partial charge in [0.2, 0.25) is 0 Å². The molecule has 0 saturated heterocycles. The largest absolute Gasteiger partial charge is 0.303 e. The third-order valence-corrected chi connectivity index (χ3v) is 2.73. The predicted molar refractivity (Wildman–Crippen MR) is 67.0 cm³/mol. The maximum atomic E-state index is 10.7. The molecule has 0 aromatic carbocycles.